The molecule has 0 bridgehead atoms. The molecule has 2 unspecified atom stereocenters. The van der Waals surface area contributed by atoms with Crippen LogP contribution in [-0.4, -0.2) is 11.7 Å². The summed E-state index contributed by atoms with van der Waals surface area (Å²) in [5, 5.41) is 15.3. The van der Waals surface area contributed by atoms with Gasteiger partial charge in [0.1, 0.15) is 0 Å². The molecule has 0 aliphatic rings. The van der Waals surface area contributed by atoms with E-state index < -0.39 is 6.10 Å². The Bertz CT molecular complexity index is 601. The third kappa shape index (κ3) is 4.60. The molecular weight excluding hydrogens is 329 g/mol. The van der Waals surface area contributed by atoms with Crippen LogP contribution < -0.4 is 5.32 Å². The van der Waals surface area contributed by atoms with E-state index in [9.17, 15) is 5.11 Å². The minimum Gasteiger partial charge on any atom is -0.387 e. The SMILES string of the molecule is CC(NCC(O)c1ccc(Cl)cc1)c1ccc(Cl)cc1Cl. The van der Waals surface area contributed by atoms with Crippen molar-refractivity contribution in [1.29, 1.82) is 0 Å². The molecule has 2 rings (SSSR count). The van der Waals surface area contributed by atoms with E-state index in [0.717, 1.165) is 11.1 Å². The van der Waals surface area contributed by atoms with Gasteiger partial charge in [0.25, 0.3) is 0 Å². The summed E-state index contributed by atoms with van der Waals surface area (Å²) in [5.41, 5.74) is 1.77. The first kappa shape index (κ1) is 16.6. The first-order valence-corrected chi connectivity index (χ1v) is 7.72. The zero-order valence-corrected chi connectivity index (χ0v) is 13.8. The molecule has 2 nitrogen and oxygen atoms in total. The summed E-state index contributed by atoms with van der Waals surface area (Å²) in [6, 6.07) is 12.6. The average Bonchev–Trinajstić information content (AvgIpc) is 2.45. The van der Waals surface area contributed by atoms with Crippen molar-refractivity contribution in [3.05, 3.63) is 68.7 Å². The summed E-state index contributed by atoms with van der Waals surface area (Å²) in [5.74, 6) is 0. The second-order valence-electron chi connectivity index (χ2n) is 4.86. The Morgan fingerprint density at radius 1 is 1.00 bits per heavy atom. The number of halogens is 3. The fourth-order valence-corrected chi connectivity index (χ4v) is 2.75. The lowest BCUT2D eigenvalue weighted by Gasteiger charge is -2.19. The Kier molecular flexibility index (Phi) is 5.91. The fraction of sp³-hybridized carbons (Fsp3) is 0.250. The fourth-order valence-electron chi connectivity index (χ4n) is 2.05. The molecule has 0 aliphatic carbocycles. The van der Waals surface area contributed by atoms with Crippen molar-refractivity contribution in [3.8, 4) is 0 Å². The van der Waals surface area contributed by atoms with Gasteiger partial charge < -0.3 is 10.4 Å². The minimum atomic E-state index is -0.601. The molecule has 0 aliphatic heterocycles. The number of hydrogen-bond acceptors (Lipinski definition) is 2. The van der Waals surface area contributed by atoms with E-state index in [1.54, 1.807) is 24.3 Å². The van der Waals surface area contributed by atoms with Crippen molar-refractivity contribution in [1.82, 2.24) is 5.32 Å². The normalized spacial score (nSPS) is 14.0. The zero-order valence-electron chi connectivity index (χ0n) is 11.5. The predicted octanol–water partition coefficient (Wildman–Crippen LogP) is 5.03. The van der Waals surface area contributed by atoms with Gasteiger partial charge in [-0.05, 0) is 42.3 Å². The highest BCUT2D eigenvalue weighted by molar-refractivity contribution is 6.35. The smallest absolute Gasteiger partial charge is 0.0914 e. The predicted molar refractivity (Wildman–Crippen MR) is 89.3 cm³/mol. The van der Waals surface area contributed by atoms with Gasteiger partial charge in [-0.25, -0.2) is 0 Å². The molecule has 2 atom stereocenters. The monoisotopic (exact) mass is 343 g/mol. The van der Waals surface area contributed by atoms with Crippen LogP contribution in [-0.2, 0) is 0 Å². The van der Waals surface area contributed by atoms with Crippen molar-refractivity contribution in [2.45, 2.75) is 19.1 Å². The van der Waals surface area contributed by atoms with E-state index in [2.05, 4.69) is 5.32 Å². The van der Waals surface area contributed by atoms with Crippen molar-refractivity contribution in [2.75, 3.05) is 6.54 Å². The quantitative estimate of drug-likeness (QED) is 0.797. The molecule has 2 N–H and O–H groups in total. The van der Waals surface area contributed by atoms with Crippen molar-refractivity contribution in [3.63, 3.8) is 0 Å². The van der Waals surface area contributed by atoms with Gasteiger partial charge in [-0.1, -0.05) is 53.0 Å². The van der Waals surface area contributed by atoms with Crippen LogP contribution in [0.4, 0.5) is 0 Å². The molecule has 2 aromatic rings. The van der Waals surface area contributed by atoms with E-state index in [4.69, 9.17) is 34.8 Å². The van der Waals surface area contributed by atoms with Gasteiger partial charge >= 0.3 is 0 Å². The second-order valence-corrected chi connectivity index (χ2v) is 6.14. The van der Waals surface area contributed by atoms with Crippen molar-refractivity contribution < 1.29 is 5.11 Å². The maximum atomic E-state index is 10.2. The first-order valence-electron chi connectivity index (χ1n) is 6.59. The molecule has 2 aromatic carbocycles. The molecule has 5 heteroatoms. The van der Waals surface area contributed by atoms with E-state index in [0.29, 0.717) is 21.6 Å². The summed E-state index contributed by atoms with van der Waals surface area (Å²) in [4.78, 5) is 0. The molecular formula is C16H16Cl3NO. The van der Waals surface area contributed by atoms with Crippen LogP contribution >= 0.6 is 34.8 Å². The average molecular weight is 345 g/mol. The van der Waals surface area contributed by atoms with Gasteiger partial charge in [-0.15, -0.1) is 0 Å². The van der Waals surface area contributed by atoms with E-state index in [-0.39, 0.29) is 6.04 Å². The van der Waals surface area contributed by atoms with Gasteiger partial charge in [0.15, 0.2) is 0 Å². The van der Waals surface area contributed by atoms with Crippen LogP contribution in [0, 0.1) is 0 Å². The van der Waals surface area contributed by atoms with E-state index >= 15 is 0 Å². The number of aliphatic hydroxyl groups is 1. The maximum absolute atomic E-state index is 10.2. The summed E-state index contributed by atoms with van der Waals surface area (Å²) < 4.78 is 0. The minimum absolute atomic E-state index is 0.0108. The Morgan fingerprint density at radius 3 is 2.24 bits per heavy atom. The van der Waals surface area contributed by atoms with Gasteiger partial charge in [0.05, 0.1) is 6.10 Å². The number of nitrogens with one attached hydrogen (secondary N) is 1. The van der Waals surface area contributed by atoms with Gasteiger partial charge in [-0.2, -0.15) is 0 Å². The zero-order chi connectivity index (χ0) is 15.4. The van der Waals surface area contributed by atoms with Crippen molar-refractivity contribution >= 4 is 34.8 Å². The van der Waals surface area contributed by atoms with E-state index in [1.165, 1.54) is 0 Å². The molecule has 112 valence electrons. The summed E-state index contributed by atoms with van der Waals surface area (Å²) in [6.07, 6.45) is -0.601. The lowest BCUT2D eigenvalue weighted by molar-refractivity contribution is 0.171. The molecule has 0 radical (unpaired) electrons. The lowest BCUT2D eigenvalue weighted by Crippen LogP contribution is -2.24. The van der Waals surface area contributed by atoms with Gasteiger partial charge in [-0.3, -0.25) is 0 Å². The van der Waals surface area contributed by atoms with E-state index in [1.807, 2.05) is 25.1 Å². The van der Waals surface area contributed by atoms with Crippen molar-refractivity contribution in [2.24, 2.45) is 0 Å². The van der Waals surface area contributed by atoms with Gasteiger partial charge in [0, 0.05) is 27.7 Å². The Morgan fingerprint density at radius 2 is 1.62 bits per heavy atom. The highest BCUT2D eigenvalue weighted by Gasteiger charge is 2.13. The van der Waals surface area contributed by atoms with Crippen LogP contribution in [0.5, 0.6) is 0 Å². The first-order chi connectivity index (χ1) is 9.97. The highest BCUT2D eigenvalue weighted by Crippen LogP contribution is 2.26. The summed E-state index contributed by atoms with van der Waals surface area (Å²) >= 11 is 17.9. The number of rotatable bonds is 5. The molecule has 0 saturated carbocycles. The molecule has 21 heavy (non-hydrogen) atoms. The molecule has 0 heterocycles. The molecule has 0 amide bonds. The molecule has 0 fully saturated rings. The van der Waals surface area contributed by atoms with Crippen LogP contribution in [0.3, 0.4) is 0 Å². The van der Waals surface area contributed by atoms with Crippen LogP contribution in [0.1, 0.15) is 30.2 Å². The largest absolute Gasteiger partial charge is 0.387 e. The number of aliphatic hydroxyl groups excluding tert-OH is 1. The maximum Gasteiger partial charge on any atom is 0.0914 e. The number of hydrogen-bond donors (Lipinski definition) is 2. The molecule has 0 spiro atoms. The summed E-state index contributed by atoms with van der Waals surface area (Å²) in [7, 11) is 0. The third-order valence-electron chi connectivity index (χ3n) is 3.30. The Balaban J connectivity index is 1.97. The van der Waals surface area contributed by atoms with Crippen LogP contribution in [0.25, 0.3) is 0 Å². The Labute approximate surface area is 139 Å². The van der Waals surface area contributed by atoms with Crippen LogP contribution in [0.2, 0.25) is 15.1 Å². The van der Waals surface area contributed by atoms with Crippen LogP contribution in [0.15, 0.2) is 42.5 Å². The Hall–Kier alpha value is -0.770. The standard InChI is InChI=1S/C16H16Cl3NO/c1-10(14-7-6-13(18)8-15(14)19)20-9-16(21)11-2-4-12(17)5-3-11/h2-8,10,16,20-21H,9H2,1H3. The second kappa shape index (κ2) is 7.48. The lowest BCUT2D eigenvalue weighted by atomic mass is 10.1. The van der Waals surface area contributed by atoms with Gasteiger partial charge in [0.2, 0.25) is 0 Å². The number of benzene rings is 2. The molecule has 0 saturated heterocycles. The summed E-state index contributed by atoms with van der Waals surface area (Å²) in [6.45, 7) is 2.41. The molecule has 0 aromatic heterocycles. The highest BCUT2D eigenvalue weighted by atomic mass is 35.5. The third-order valence-corrected chi connectivity index (χ3v) is 4.12. The topological polar surface area (TPSA) is 32.3 Å².